The number of carbonyl (C=O) groups is 2. The van der Waals surface area contributed by atoms with Crippen molar-refractivity contribution in [3.8, 4) is 22.6 Å². The fourth-order valence-corrected chi connectivity index (χ4v) is 6.69. The van der Waals surface area contributed by atoms with E-state index >= 15 is 0 Å². The Kier molecular flexibility index (Phi) is 10.3. The summed E-state index contributed by atoms with van der Waals surface area (Å²) in [6, 6.07) is 8.43. The highest BCUT2D eigenvalue weighted by Crippen LogP contribution is 2.51. The quantitative estimate of drug-likeness (QED) is 0.135. The predicted octanol–water partition coefficient (Wildman–Crippen LogP) is 8.21. The lowest BCUT2D eigenvalue weighted by Crippen LogP contribution is -2.48. The van der Waals surface area contributed by atoms with Gasteiger partial charge in [-0.15, -0.1) is 0 Å². The number of alkyl halides is 8. The third-order valence-corrected chi connectivity index (χ3v) is 10.3. The molecule has 2 aliphatic rings. The Morgan fingerprint density at radius 1 is 1.04 bits per heavy atom. The molecule has 1 saturated carbocycles. The standard InChI is InChI=1S/C35H34ClF8N9O2/c1-18(34(39,40)41)27(54)13-12-26(20-6-11-24(36)23(14-20)28-46-17-48-52(28)30(37)38)51-29(55)33(49-31(51)45,16-32(2,3)35(42,43)44)21-7-4-19(5-8-21)25-15-47-53(50-25)22-9-10-22/h4-8,11,14-15,17-18,22,26,30H,9-10,12-13,16H2,1-3H3,(H2,45,49)/t18-,26+,33+/m0/s1. The van der Waals surface area contributed by atoms with Gasteiger partial charge < -0.3 is 5.73 Å². The van der Waals surface area contributed by atoms with Gasteiger partial charge in [-0.25, -0.2) is 9.98 Å². The molecule has 4 aromatic rings. The minimum atomic E-state index is -4.89. The van der Waals surface area contributed by atoms with E-state index in [2.05, 4.69) is 25.3 Å². The summed E-state index contributed by atoms with van der Waals surface area (Å²) in [6.07, 6.45) is -7.76. The lowest BCUT2D eigenvalue weighted by Gasteiger charge is -2.37. The lowest BCUT2D eigenvalue weighted by atomic mass is 9.74. The maximum atomic E-state index is 14.9. The van der Waals surface area contributed by atoms with Crippen molar-refractivity contribution < 1.29 is 44.7 Å². The predicted molar refractivity (Wildman–Crippen MR) is 182 cm³/mol. The molecule has 0 radical (unpaired) electrons. The zero-order valence-electron chi connectivity index (χ0n) is 29.4. The van der Waals surface area contributed by atoms with E-state index < -0.39 is 84.6 Å². The lowest BCUT2D eigenvalue weighted by molar-refractivity contribution is -0.218. The number of Topliss-reactive ketones (excluding diaryl/α,β-unsaturated/α-hetero) is 1. The van der Waals surface area contributed by atoms with Crippen molar-refractivity contribution in [1.29, 1.82) is 0 Å². The molecular weight excluding hydrogens is 766 g/mol. The Bertz CT molecular complexity index is 2110. The van der Waals surface area contributed by atoms with Gasteiger partial charge in [0.25, 0.3) is 5.91 Å². The molecule has 11 nitrogen and oxygen atoms in total. The summed E-state index contributed by atoms with van der Waals surface area (Å²) in [7, 11) is 0. The number of carbonyl (C=O) groups excluding carboxylic acids is 2. The van der Waals surface area contributed by atoms with E-state index in [9.17, 15) is 44.7 Å². The van der Waals surface area contributed by atoms with Gasteiger partial charge in [0, 0.05) is 17.5 Å². The Morgan fingerprint density at radius 3 is 2.31 bits per heavy atom. The van der Waals surface area contributed by atoms with E-state index in [1.165, 1.54) is 36.5 Å². The smallest absolute Gasteiger partial charge is 0.369 e. The minimum Gasteiger partial charge on any atom is -0.369 e. The number of rotatable bonds is 13. The van der Waals surface area contributed by atoms with Crippen LogP contribution in [0.5, 0.6) is 0 Å². The van der Waals surface area contributed by atoms with Gasteiger partial charge >= 0.3 is 18.9 Å². The van der Waals surface area contributed by atoms with Gasteiger partial charge in [0.15, 0.2) is 17.3 Å². The van der Waals surface area contributed by atoms with Crippen molar-refractivity contribution in [1.82, 2.24) is 34.7 Å². The van der Waals surface area contributed by atoms with Gasteiger partial charge in [-0.2, -0.15) is 59.9 Å². The molecule has 0 spiro atoms. The number of aromatic nitrogens is 6. The van der Waals surface area contributed by atoms with Crippen LogP contribution < -0.4 is 5.73 Å². The normalized spacial score (nSPS) is 19.3. The average molecular weight is 800 g/mol. The highest BCUT2D eigenvalue weighted by Gasteiger charge is 2.59. The second-order valence-electron chi connectivity index (χ2n) is 14.3. The summed E-state index contributed by atoms with van der Waals surface area (Å²) < 4.78 is 112. The van der Waals surface area contributed by atoms with E-state index in [1.807, 2.05) is 0 Å². The Labute approximate surface area is 313 Å². The summed E-state index contributed by atoms with van der Waals surface area (Å²) in [5, 5.41) is 12.1. The zero-order chi connectivity index (χ0) is 40.2. The van der Waals surface area contributed by atoms with Crippen LogP contribution in [0.2, 0.25) is 5.02 Å². The first-order valence-electron chi connectivity index (χ1n) is 17.0. The van der Waals surface area contributed by atoms with Crippen molar-refractivity contribution in [2.75, 3.05) is 0 Å². The van der Waals surface area contributed by atoms with Gasteiger partial charge in [0.05, 0.1) is 28.7 Å². The molecule has 0 bridgehead atoms. The highest BCUT2D eigenvalue weighted by atomic mass is 35.5. The van der Waals surface area contributed by atoms with E-state index in [-0.39, 0.29) is 32.4 Å². The first-order chi connectivity index (χ1) is 25.6. The topological polar surface area (TPSA) is 137 Å². The van der Waals surface area contributed by atoms with E-state index in [4.69, 9.17) is 17.3 Å². The summed E-state index contributed by atoms with van der Waals surface area (Å²) >= 11 is 6.37. The molecule has 1 aliphatic heterocycles. The Hall–Kier alpha value is -4.94. The van der Waals surface area contributed by atoms with Gasteiger partial charge in [0.2, 0.25) is 0 Å². The molecule has 55 heavy (non-hydrogen) atoms. The number of hydrogen-bond acceptors (Lipinski definition) is 8. The molecule has 2 aromatic heterocycles. The van der Waals surface area contributed by atoms with Crippen LogP contribution in [0.15, 0.2) is 60.0 Å². The molecule has 294 valence electrons. The Morgan fingerprint density at radius 2 is 1.71 bits per heavy atom. The largest absolute Gasteiger partial charge is 0.398 e. The summed E-state index contributed by atoms with van der Waals surface area (Å²) in [6.45, 7) is -0.710. The van der Waals surface area contributed by atoms with Crippen LogP contribution in [0.25, 0.3) is 22.6 Å². The Balaban J connectivity index is 1.45. The van der Waals surface area contributed by atoms with Gasteiger partial charge in [-0.3, -0.25) is 14.5 Å². The second kappa shape index (κ2) is 14.3. The molecule has 6 rings (SSSR count). The highest BCUT2D eigenvalue weighted by molar-refractivity contribution is 6.33. The molecule has 0 saturated heterocycles. The van der Waals surface area contributed by atoms with Crippen LogP contribution in [0.1, 0.15) is 82.6 Å². The monoisotopic (exact) mass is 799 g/mol. The van der Waals surface area contributed by atoms with Crippen LogP contribution in [0.4, 0.5) is 35.1 Å². The molecular formula is C35H34ClF8N9O2. The third kappa shape index (κ3) is 7.66. The van der Waals surface area contributed by atoms with Crippen molar-refractivity contribution in [3.05, 3.63) is 71.1 Å². The van der Waals surface area contributed by atoms with Crippen molar-refractivity contribution in [2.24, 2.45) is 22.1 Å². The number of nitrogens with zero attached hydrogens (tertiary/aromatic N) is 8. The van der Waals surface area contributed by atoms with Crippen LogP contribution in [-0.2, 0) is 15.1 Å². The van der Waals surface area contributed by atoms with E-state index in [0.29, 0.717) is 18.2 Å². The molecule has 1 fully saturated rings. The number of nitrogens with two attached hydrogens (primary N) is 1. The first kappa shape index (κ1) is 39.7. The van der Waals surface area contributed by atoms with Crippen LogP contribution >= 0.6 is 11.6 Å². The summed E-state index contributed by atoms with van der Waals surface area (Å²) in [5.41, 5.74) is 2.47. The van der Waals surface area contributed by atoms with E-state index in [1.54, 1.807) is 16.9 Å². The van der Waals surface area contributed by atoms with Crippen LogP contribution in [-0.4, -0.2) is 64.7 Å². The van der Waals surface area contributed by atoms with Gasteiger partial charge in [0.1, 0.15) is 23.7 Å². The number of ketones is 1. The SMILES string of the molecule is C[C@@H](C(=O)CC[C@H](c1ccc(Cl)c(-c2ncnn2C(F)F)c1)N1C(=O)[C@@](CC(C)(C)C(F)(F)F)(c2ccc(-c3cnn(C4CC4)n3)cc2)N=C1N)C(F)(F)F. The fourth-order valence-electron chi connectivity index (χ4n) is 6.48. The molecule has 0 unspecified atom stereocenters. The van der Waals surface area contributed by atoms with E-state index in [0.717, 1.165) is 37.9 Å². The number of halogens is 9. The maximum Gasteiger partial charge on any atom is 0.398 e. The first-order valence-corrected chi connectivity index (χ1v) is 17.4. The molecule has 3 heterocycles. The number of benzene rings is 2. The van der Waals surface area contributed by atoms with Gasteiger partial charge in [-0.1, -0.05) is 55.8 Å². The van der Waals surface area contributed by atoms with Crippen molar-refractivity contribution in [2.45, 2.75) is 89.4 Å². The number of hydrogen-bond donors (Lipinski definition) is 1. The van der Waals surface area contributed by atoms with Crippen molar-refractivity contribution in [3.63, 3.8) is 0 Å². The summed E-state index contributed by atoms with van der Waals surface area (Å²) in [4.78, 5) is 38.3. The van der Waals surface area contributed by atoms with Crippen LogP contribution in [0, 0.1) is 11.3 Å². The van der Waals surface area contributed by atoms with Gasteiger partial charge in [-0.05, 0) is 55.9 Å². The molecule has 2 N–H and O–H groups in total. The average Bonchev–Trinajstić information content (AvgIpc) is 3.52. The maximum absolute atomic E-state index is 14.9. The third-order valence-electron chi connectivity index (χ3n) is 9.95. The number of guanidine groups is 1. The molecule has 1 aliphatic carbocycles. The van der Waals surface area contributed by atoms with Crippen molar-refractivity contribution >= 4 is 29.3 Å². The molecule has 1 amide bonds. The summed E-state index contributed by atoms with van der Waals surface area (Å²) in [5.74, 6) is -5.70. The van der Waals surface area contributed by atoms with Crippen LogP contribution in [0.3, 0.4) is 0 Å². The molecule has 3 atom stereocenters. The zero-order valence-corrected chi connectivity index (χ0v) is 30.2. The second-order valence-corrected chi connectivity index (χ2v) is 14.7. The fraction of sp³-hybridized carbons (Fsp3) is 0.457. The number of amides is 1. The molecule has 2 aromatic carbocycles. The number of aliphatic imine (C=N–C) groups is 1. The minimum absolute atomic E-state index is 0.0148. The molecule has 20 heteroatoms.